The van der Waals surface area contributed by atoms with Crippen molar-refractivity contribution < 1.29 is 9.18 Å². The van der Waals surface area contributed by atoms with Crippen molar-refractivity contribution in [3.63, 3.8) is 0 Å². The highest BCUT2D eigenvalue weighted by molar-refractivity contribution is 6.31. The van der Waals surface area contributed by atoms with Crippen molar-refractivity contribution >= 4 is 17.5 Å². The fraction of sp³-hybridized carbons (Fsp3) is 0.462. The van der Waals surface area contributed by atoms with Gasteiger partial charge >= 0.3 is 0 Å². The number of amides is 1. The summed E-state index contributed by atoms with van der Waals surface area (Å²) >= 11 is 5.93. The van der Waals surface area contributed by atoms with E-state index in [0.717, 1.165) is 5.56 Å². The molecule has 0 bridgehead atoms. The molecule has 1 aromatic carbocycles. The highest BCUT2D eigenvalue weighted by atomic mass is 35.5. The molecule has 0 radical (unpaired) electrons. The summed E-state index contributed by atoms with van der Waals surface area (Å²) in [6.45, 7) is 4.02. The van der Waals surface area contributed by atoms with E-state index in [2.05, 4.69) is 0 Å². The van der Waals surface area contributed by atoms with Crippen LogP contribution in [0, 0.1) is 0 Å². The third kappa shape index (κ3) is 3.19. The van der Waals surface area contributed by atoms with E-state index < -0.39 is 12.1 Å². The molecule has 1 atom stereocenters. The predicted octanol–water partition coefficient (Wildman–Crippen LogP) is 3.56. The zero-order valence-corrected chi connectivity index (χ0v) is 11.3. The Morgan fingerprint density at radius 2 is 1.94 bits per heavy atom. The Labute approximate surface area is 106 Å². The number of hydrogen-bond donors (Lipinski definition) is 0. The highest BCUT2D eigenvalue weighted by Gasteiger charge is 2.24. The molecule has 1 amide bonds. The number of alkyl halides is 1. The SMILES string of the molecule is CC(C)c1ccc(Cl)c([C@@H](F)C(=O)N(C)C)c1. The number of benzene rings is 1. The average Bonchev–Trinajstić information content (AvgIpc) is 2.27. The fourth-order valence-electron chi connectivity index (χ4n) is 1.48. The topological polar surface area (TPSA) is 20.3 Å². The van der Waals surface area contributed by atoms with Gasteiger partial charge in [0.2, 0.25) is 6.17 Å². The first-order valence-corrected chi connectivity index (χ1v) is 5.87. The molecular formula is C13H17ClFNO. The summed E-state index contributed by atoms with van der Waals surface area (Å²) in [6.07, 6.45) is -1.70. The smallest absolute Gasteiger partial charge is 0.261 e. The molecule has 2 nitrogen and oxygen atoms in total. The Kier molecular flexibility index (Phi) is 4.52. The standard InChI is InChI=1S/C13H17ClFNO/c1-8(2)9-5-6-11(14)10(7-9)12(15)13(17)16(3)4/h5-8,12H,1-4H3/t12-/m1/s1. The maximum atomic E-state index is 14.0. The number of carbonyl (C=O) groups is 1. The molecule has 0 N–H and O–H groups in total. The summed E-state index contributed by atoms with van der Waals surface area (Å²) in [6, 6.07) is 5.16. The lowest BCUT2D eigenvalue weighted by molar-refractivity contribution is -0.134. The largest absolute Gasteiger partial charge is 0.346 e. The number of hydrogen-bond acceptors (Lipinski definition) is 1. The Morgan fingerprint density at radius 1 is 1.35 bits per heavy atom. The van der Waals surface area contributed by atoms with Crippen molar-refractivity contribution in [2.45, 2.75) is 25.9 Å². The lowest BCUT2D eigenvalue weighted by Gasteiger charge is -2.17. The van der Waals surface area contributed by atoms with Gasteiger partial charge in [0.25, 0.3) is 5.91 Å². The lowest BCUT2D eigenvalue weighted by Crippen LogP contribution is -2.26. The molecule has 1 rings (SSSR count). The van der Waals surface area contributed by atoms with Gasteiger partial charge in [0.05, 0.1) is 0 Å². The van der Waals surface area contributed by atoms with Crippen LogP contribution in [0.1, 0.15) is 37.1 Å². The molecule has 0 saturated carbocycles. The Balaban J connectivity index is 3.12. The van der Waals surface area contributed by atoms with Crippen molar-refractivity contribution in [3.05, 3.63) is 34.3 Å². The van der Waals surface area contributed by atoms with Crippen molar-refractivity contribution in [1.82, 2.24) is 4.90 Å². The van der Waals surface area contributed by atoms with E-state index in [1.807, 2.05) is 19.9 Å². The number of likely N-dealkylation sites (N-methyl/N-ethyl adjacent to an activating group) is 1. The molecular weight excluding hydrogens is 241 g/mol. The molecule has 0 fully saturated rings. The minimum Gasteiger partial charge on any atom is -0.346 e. The normalized spacial score (nSPS) is 12.6. The van der Waals surface area contributed by atoms with Gasteiger partial charge in [-0.2, -0.15) is 0 Å². The van der Waals surface area contributed by atoms with Crippen LogP contribution < -0.4 is 0 Å². The van der Waals surface area contributed by atoms with Crippen molar-refractivity contribution in [2.75, 3.05) is 14.1 Å². The van der Waals surface area contributed by atoms with E-state index in [-0.39, 0.29) is 16.5 Å². The third-order valence-corrected chi connectivity index (χ3v) is 2.96. The average molecular weight is 258 g/mol. The van der Waals surface area contributed by atoms with Gasteiger partial charge in [-0.05, 0) is 17.5 Å². The Bertz CT molecular complexity index is 418. The van der Waals surface area contributed by atoms with Crippen LogP contribution >= 0.6 is 11.6 Å². The summed E-state index contributed by atoms with van der Waals surface area (Å²) in [4.78, 5) is 12.8. The third-order valence-electron chi connectivity index (χ3n) is 2.62. The number of nitrogens with zero attached hydrogens (tertiary/aromatic N) is 1. The second kappa shape index (κ2) is 5.50. The molecule has 4 heteroatoms. The van der Waals surface area contributed by atoms with Gasteiger partial charge in [0.15, 0.2) is 0 Å². The predicted molar refractivity (Wildman–Crippen MR) is 68.1 cm³/mol. The van der Waals surface area contributed by atoms with Crippen molar-refractivity contribution in [1.29, 1.82) is 0 Å². The van der Waals surface area contributed by atoms with Crippen molar-refractivity contribution in [3.8, 4) is 0 Å². The van der Waals surface area contributed by atoms with Gasteiger partial charge in [-0.1, -0.05) is 37.6 Å². The van der Waals surface area contributed by atoms with Crippen LogP contribution in [-0.2, 0) is 4.79 Å². The van der Waals surface area contributed by atoms with E-state index in [1.165, 1.54) is 19.0 Å². The number of carbonyl (C=O) groups excluding carboxylic acids is 1. The van der Waals surface area contributed by atoms with Crippen LogP contribution in [-0.4, -0.2) is 24.9 Å². The van der Waals surface area contributed by atoms with Gasteiger partial charge in [0, 0.05) is 24.7 Å². The first kappa shape index (κ1) is 14.0. The highest BCUT2D eigenvalue weighted by Crippen LogP contribution is 2.30. The van der Waals surface area contributed by atoms with Gasteiger partial charge in [-0.25, -0.2) is 4.39 Å². The van der Waals surface area contributed by atoms with Crippen LogP contribution in [0.5, 0.6) is 0 Å². The minimum absolute atomic E-state index is 0.247. The van der Waals surface area contributed by atoms with Crippen LogP contribution in [0.15, 0.2) is 18.2 Å². The van der Waals surface area contributed by atoms with E-state index in [0.29, 0.717) is 0 Å². The molecule has 94 valence electrons. The maximum absolute atomic E-state index is 14.0. The number of rotatable bonds is 3. The summed E-state index contributed by atoms with van der Waals surface area (Å²) in [7, 11) is 3.05. The molecule has 0 spiro atoms. The summed E-state index contributed by atoms with van der Waals surface area (Å²) in [5, 5.41) is 0.289. The maximum Gasteiger partial charge on any atom is 0.261 e. The zero-order chi connectivity index (χ0) is 13.2. The minimum atomic E-state index is -1.70. The fourth-order valence-corrected chi connectivity index (χ4v) is 1.69. The zero-order valence-electron chi connectivity index (χ0n) is 10.5. The summed E-state index contributed by atoms with van der Waals surface area (Å²) in [5.74, 6) is -0.319. The first-order valence-electron chi connectivity index (χ1n) is 5.49. The summed E-state index contributed by atoms with van der Waals surface area (Å²) in [5.41, 5.74) is 1.22. The van der Waals surface area contributed by atoms with Gasteiger partial charge in [0.1, 0.15) is 0 Å². The molecule has 17 heavy (non-hydrogen) atoms. The van der Waals surface area contributed by atoms with Gasteiger partial charge in [-0.15, -0.1) is 0 Å². The van der Waals surface area contributed by atoms with E-state index in [9.17, 15) is 9.18 Å². The molecule has 0 aromatic heterocycles. The monoisotopic (exact) mass is 257 g/mol. The first-order chi connectivity index (χ1) is 7.84. The molecule has 0 heterocycles. The molecule has 0 aliphatic rings. The van der Waals surface area contributed by atoms with Crippen LogP contribution in [0.25, 0.3) is 0 Å². The second-order valence-electron chi connectivity index (χ2n) is 4.53. The van der Waals surface area contributed by atoms with Gasteiger partial charge < -0.3 is 4.90 Å². The molecule has 0 aliphatic heterocycles. The summed E-state index contributed by atoms with van der Waals surface area (Å²) < 4.78 is 14.0. The molecule has 1 aromatic rings. The van der Waals surface area contributed by atoms with Crippen molar-refractivity contribution in [2.24, 2.45) is 0 Å². The molecule has 0 saturated heterocycles. The number of halogens is 2. The van der Waals surface area contributed by atoms with Crippen LogP contribution in [0.4, 0.5) is 4.39 Å². The molecule has 0 unspecified atom stereocenters. The van der Waals surface area contributed by atoms with Crippen LogP contribution in [0.3, 0.4) is 0 Å². The lowest BCUT2D eigenvalue weighted by atomic mass is 9.98. The van der Waals surface area contributed by atoms with Gasteiger partial charge in [-0.3, -0.25) is 4.79 Å². The second-order valence-corrected chi connectivity index (χ2v) is 4.94. The molecule has 0 aliphatic carbocycles. The Morgan fingerprint density at radius 3 is 2.41 bits per heavy atom. The Hall–Kier alpha value is -1.09. The quantitative estimate of drug-likeness (QED) is 0.811. The van der Waals surface area contributed by atoms with E-state index >= 15 is 0 Å². The van der Waals surface area contributed by atoms with E-state index in [1.54, 1.807) is 12.1 Å². The van der Waals surface area contributed by atoms with Crippen LogP contribution in [0.2, 0.25) is 5.02 Å². The van der Waals surface area contributed by atoms with E-state index in [4.69, 9.17) is 11.6 Å².